The van der Waals surface area contributed by atoms with Crippen molar-refractivity contribution in [3.8, 4) is 11.1 Å². The van der Waals surface area contributed by atoms with Crippen LogP contribution in [0.15, 0.2) is 48.5 Å². The molecule has 2 atom stereocenters. The van der Waals surface area contributed by atoms with Crippen LogP contribution in [0.25, 0.3) is 11.1 Å². The molecule has 0 radical (unpaired) electrons. The molecule has 2 aromatic rings. The summed E-state index contributed by atoms with van der Waals surface area (Å²) in [5.41, 5.74) is 4.60. The second-order valence-corrected chi connectivity index (χ2v) is 9.23. The lowest BCUT2D eigenvalue weighted by molar-refractivity contribution is -0.148. The summed E-state index contributed by atoms with van der Waals surface area (Å²) >= 11 is 0. The number of ether oxygens (including phenoxy) is 1. The molecule has 2 aliphatic rings. The summed E-state index contributed by atoms with van der Waals surface area (Å²) in [4.78, 5) is 38.0. The molecule has 0 aliphatic heterocycles. The molecule has 0 heterocycles. The van der Waals surface area contributed by atoms with Crippen molar-refractivity contribution in [2.45, 2.75) is 31.6 Å². The first-order chi connectivity index (χ1) is 17.0. The Bertz CT molecular complexity index is 1030. The Kier molecular flexibility index (Phi) is 8.02. The summed E-state index contributed by atoms with van der Waals surface area (Å²) in [5, 5.41) is 21.2. The monoisotopic (exact) mass is 480 g/mol. The number of hydrogen-bond donors (Lipinski definition) is 3. The first kappa shape index (κ1) is 24.7. The molecule has 3 N–H and O–H groups in total. The van der Waals surface area contributed by atoms with Crippen LogP contribution in [0.4, 0.5) is 4.79 Å². The van der Waals surface area contributed by atoms with Crippen LogP contribution in [0.1, 0.15) is 42.7 Å². The number of carboxylic acids is 1. The van der Waals surface area contributed by atoms with Gasteiger partial charge in [0.1, 0.15) is 13.2 Å². The Hall–Kier alpha value is -3.39. The van der Waals surface area contributed by atoms with E-state index >= 15 is 0 Å². The van der Waals surface area contributed by atoms with Crippen LogP contribution < -0.4 is 5.32 Å². The SMILES string of the molecule is O=C(O)CN(CCO)C(=O)C1CCCCC1CNC(=O)OCC1c2ccccc2-c2ccccc21. The van der Waals surface area contributed by atoms with Gasteiger partial charge >= 0.3 is 12.1 Å². The van der Waals surface area contributed by atoms with Crippen molar-refractivity contribution in [2.24, 2.45) is 11.8 Å². The Morgan fingerprint density at radius 2 is 1.60 bits per heavy atom. The maximum absolute atomic E-state index is 13.0. The van der Waals surface area contributed by atoms with Crippen LogP contribution in [0, 0.1) is 11.8 Å². The summed E-state index contributed by atoms with van der Waals surface area (Å²) in [7, 11) is 0. The van der Waals surface area contributed by atoms with Crippen molar-refractivity contribution < 1.29 is 29.3 Å². The third-order valence-electron chi connectivity index (χ3n) is 7.09. The van der Waals surface area contributed by atoms with Gasteiger partial charge in [0.25, 0.3) is 0 Å². The molecule has 186 valence electrons. The zero-order valence-corrected chi connectivity index (χ0v) is 19.7. The van der Waals surface area contributed by atoms with Crippen molar-refractivity contribution in [1.29, 1.82) is 0 Å². The molecule has 0 bridgehead atoms. The number of nitrogens with zero attached hydrogens (tertiary/aromatic N) is 1. The standard InChI is InChI=1S/C27H32N2O6/c30-14-13-29(16-25(31)32)26(33)19-8-2-1-7-18(19)15-28-27(34)35-17-24-22-11-5-3-9-20(22)21-10-4-6-12-23(21)24/h3-6,9-12,18-19,24,30H,1-2,7-8,13-17H2,(H,28,34)(H,31,32). The smallest absolute Gasteiger partial charge is 0.407 e. The minimum absolute atomic E-state index is 0.0197. The van der Waals surface area contributed by atoms with Gasteiger partial charge in [-0.05, 0) is 41.0 Å². The van der Waals surface area contributed by atoms with Gasteiger partial charge in [0.05, 0.1) is 6.61 Å². The van der Waals surface area contributed by atoms with E-state index in [1.807, 2.05) is 24.3 Å². The van der Waals surface area contributed by atoms with Gasteiger partial charge in [-0.15, -0.1) is 0 Å². The van der Waals surface area contributed by atoms with Gasteiger partial charge in [-0.25, -0.2) is 4.79 Å². The van der Waals surface area contributed by atoms with E-state index in [4.69, 9.17) is 9.84 Å². The molecule has 0 saturated heterocycles. The van der Waals surface area contributed by atoms with Gasteiger partial charge in [-0.2, -0.15) is 0 Å². The first-order valence-electron chi connectivity index (χ1n) is 12.2. The van der Waals surface area contributed by atoms with Crippen molar-refractivity contribution in [2.75, 3.05) is 32.8 Å². The van der Waals surface area contributed by atoms with Crippen molar-refractivity contribution in [3.63, 3.8) is 0 Å². The third kappa shape index (κ3) is 5.65. The Morgan fingerprint density at radius 1 is 0.971 bits per heavy atom. The topological polar surface area (TPSA) is 116 Å². The molecular weight excluding hydrogens is 448 g/mol. The molecule has 35 heavy (non-hydrogen) atoms. The average molecular weight is 481 g/mol. The highest BCUT2D eigenvalue weighted by Crippen LogP contribution is 2.44. The number of alkyl carbamates (subject to hydrolysis) is 1. The lowest BCUT2D eigenvalue weighted by Gasteiger charge is -2.34. The van der Waals surface area contributed by atoms with Gasteiger partial charge in [-0.1, -0.05) is 61.4 Å². The van der Waals surface area contributed by atoms with E-state index in [1.54, 1.807) is 0 Å². The molecular formula is C27H32N2O6. The number of carbonyl (C=O) groups is 3. The lowest BCUT2D eigenvalue weighted by Crippen LogP contribution is -2.46. The minimum Gasteiger partial charge on any atom is -0.480 e. The summed E-state index contributed by atoms with van der Waals surface area (Å²) in [5.74, 6) is -1.91. The van der Waals surface area contributed by atoms with Crippen LogP contribution in [-0.4, -0.2) is 65.9 Å². The largest absolute Gasteiger partial charge is 0.480 e. The van der Waals surface area contributed by atoms with Crippen molar-refractivity contribution in [3.05, 3.63) is 59.7 Å². The van der Waals surface area contributed by atoms with Crippen LogP contribution in [0.2, 0.25) is 0 Å². The van der Waals surface area contributed by atoms with E-state index in [2.05, 4.69) is 29.6 Å². The quantitative estimate of drug-likeness (QED) is 0.507. The Labute approximate surface area is 204 Å². The number of nitrogens with one attached hydrogen (secondary N) is 1. The second kappa shape index (κ2) is 11.4. The molecule has 0 aromatic heterocycles. The number of fused-ring (bicyclic) bond motifs is 3. The molecule has 8 heteroatoms. The zero-order chi connectivity index (χ0) is 24.8. The molecule has 2 aliphatic carbocycles. The molecule has 4 rings (SSSR count). The highest BCUT2D eigenvalue weighted by molar-refractivity contribution is 5.83. The molecule has 0 spiro atoms. The lowest BCUT2D eigenvalue weighted by atomic mass is 9.78. The van der Waals surface area contributed by atoms with Crippen molar-refractivity contribution >= 4 is 18.0 Å². The van der Waals surface area contributed by atoms with Crippen LogP contribution in [0.3, 0.4) is 0 Å². The number of aliphatic hydroxyl groups excluding tert-OH is 1. The second-order valence-electron chi connectivity index (χ2n) is 9.23. The van der Waals surface area contributed by atoms with E-state index in [9.17, 15) is 19.5 Å². The van der Waals surface area contributed by atoms with E-state index in [0.717, 1.165) is 41.5 Å². The number of aliphatic carboxylic acids is 1. The highest BCUT2D eigenvalue weighted by atomic mass is 16.5. The zero-order valence-electron chi connectivity index (χ0n) is 19.7. The minimum atomic E-state index is -1.11. The van der Waals surface area contributed by atoms with Gasteiger partial charge in [0.2, 0.25) is 5.91 Å². The number of rotatable bonds is 9. The maximum atomic E-state index is 13.0. The normalized spacial score (nSPS) is 18.9. The predicted octanol–water partition coefficient (Wildman–Crippen LogP) is 3.24. The predicted molar refractivity (Wildman–Crippen MR) is 130 cm³/mol. The number of amides is 2. The third-order valence-corrected chi connectivity index (χ3v) is 7.09. The average Bonchev–Trinajstić information content (AvgIpc) is 3.19. The van der Waals surface area contributed by atoms with E-state index in [0.29, 0.717) is 6.42 Å². The first-order valence-corrected chi connectivity index (χ1v) is 12.2. The summed E-state index contributed by atoms with van der Waals surface area (Å²) in [6, 6.07) is 16.3. The van der Waals surface area contributed by atoms with Gasteiger partial charge in [0.15, 0.2) is 0 Å². The summed E-state index contributed by atoms with van der Waals surface area (Å²) < 4.78 is 5.61. The van der Waals surface area contributed by atoms with Gasteiger partial charge in [0, 0.05) is 24.9 Å². The summed E-state index contributed by atoms with van der Waals surface area (Å²) in [6.07, 6.45) is 2.69. The molecule has 8 nitrogen and oxygen atoms in total. The van der Waals surface area contributed by atoms with Crippen LogP contribution in [0.5, 0.6) is 0 Å². The van der Waals surface area contributed by atoms with E-state index in [-0.39, 0.29) is 50.0 Å². The number of hydrogen-bond acceptors (Lipinski definition) is 5. The number of carbonyl (C=O) groups excluding carboxylic acids is 2. The number of benzene rings is 2. The molecule has 1 saturated carbocycles. The molecule has 1 fully saturated rings. The van der Waals surface area contributed by atoms with Crippen molar-refractivity contribution in [1.82, 2.24) is 10.2 Å². The summed E-state index contributed by atoms with van der Waals surface area (Å²) in [6.45, 7) is -0.256. The number of carboxylic acid groups (broad SMARTS) is 1. The van der Waals surface area contributed by atoms with Crippen LogP contribution >= 0.6 is 0 Å². The highest BCUT2D eigenvalue weighted by Gasteiger charge is 2.35. The number of aliphatic hydroxyl groups is 1. The van der Waals surface area contributed by atoms with E-state index < -0.39 is 18.6 Å². The molecule has 2 amide bonds. The Morgan fingerprint density at radius 3 is 2.23 bits per heavy atom. The van der Waals surface area contributed by atoms with Gasteiger partial charge < -0.3 is 25.2 Å². The fourth-order valence-electron chi connectivity index (χ4n) is 5.43. The fraction of sp³-hybridized carbons (Fsp3) is 0.444. The Balaban J connectivity index is 1.35. The van der Waals surface area contributed by atoms with Crippen LogP contribution in [-0.2, 0) is 14.3 Å². The fourth-order valence-corrected chi connectivity index (χ4v) is 5.43. The van der Waals surface area contributed by atoms with E-state index in [1.165, 1.54) is 4.90 Å². The van der Waals surface area contributed by atoms with Gasteiger partial charge in [-0.3, -0.25) is 9.59 Å². The molecule has 2 aromatic carbocycles. The molecule has 2 unspecified atom stereocenters. The maximum Gasteiger partial charge on any atom is 0.407 e.